The van der Waals surface area contributed by atoms with Crippen LogP contribution < -0.4 is 9.64 Å². The van der Waals surface area contributed by atoms with Crippen molar-refractivity contribution < 1.29 is 4.74 Å². The van der Waals surface area contributed by atoms with E-state index in [2.05, 4.69) is 156 Å². The Morgan fingerprint density at radius 1 is 0.571 bits per heavy atom. The molecule has 0 N–H and O–H groups in total. The fraction of sp³-hybridized carbons (Fsp3) is 0.200. The van der Waals surface area contributed by atoms with Crippen LogP contribution in [-0.4, -0.2) is 7.05 Å². The van der Waals surface area contributed by atoms with E-state index in [9.17, 15) is 0 Å². The number of aryl methyl sites for hydroxylation is 1. The van der Waals surface area contributed by atoms with Gasteiger partial charge in [0.15, 0.2) is 0 Å². The van der Waals surface area contributed by atoms with E-state index < -0.39 is 0 Å². The fourth-order valence-electron chi connectivity index (χ4n) is 5.58. The lowest BCUT2D eigenvalue weighted by Crippen LogP contribution is -2.21. The van der Waals surface area contributed by atoms with Gasteiger partial charge in [0.2, 0.25) is 0 Å². The SMILES string of the molecule is C=COc1cccc(-c2ccc(N(C)c3ccc(C(C)(C)c4ccc(C(C)(C)c5ccc(C)cc5)cc4)cc3)cc2)c1. The predicted octanol–water partition coefficient (Wildman–Crippen LogP) is 10.6. The molecule has 0 bridgehead atoms. The monoisotopic (exact) mass is 551 g/mol. The highest BCUT2D eigenvalue weighted by Crippen LogP contribution is 2.37. The summed E-state index contributed by atoms with van der Waals surface area (Å²) in [7, 11) is 2.11. The molecule has 0 aliphatic heterocycles. The van der Waals surface area contributed by atoms with Crippen LogP contribution >= 0.6 is 0 Å². The van der Waals surface area contributed by atoms with Crippen LogP contribution in [0.25, 0.3) is 11.1 Å². The van der Waals surface area contributed by atoms with Crippen molar-refractivity contribution in [2.75, 3.05) is 11.9 Å². The van der Waals surface area contributed by atoms with Crippen molar-refractivity contribution in [2.24, 2.45) is 0 Å². The van der Waals surface area contributed by atoms with Crippen molar-refractivity contribution in [3.8, 4) is 16.9 Å². The van der Waals surface area contributed by atoms with Crippen molar-refractivity contribution in [1.82, 2.24) is 0 Å². The summed E-state index contributed by atoms with van der Waals surface area (Å²) < 4.78 is 5.44. The highest BCUT2D eigenvalue weighted by atomic mass is 16.5. The van der Waals surface area contributed by atoms with E-state index in [4.69, 9.17) is 4.74 Å². The van der Waals surface area contributed by atoms with E-state index in [0.717, 1.165) is 28.3 Å². The topological polar surface area (TPSA) is 12.5 Å². The van der Waals surface area contributed by atoms with Crippen LogP contribution in [0, 0.1) is 6.92 Å². The second-order valence-electron chi connectivity index (χ2n) is 12.2. The molecule has 0 aliphatic carbocycles. The molecule has 0 amide bonds. The summed E-state index contributed by atoms with van der Waals surface area (Å²) in [4.78, 5) is 2.22. The number of anilines is 2. The Labute approximate surface area is 251 Å². The Kier molecular flexibility index (Phi) is 8.09. The van der Waals surface area contributed by atoms with Crippen LogP contribution in [-0.2, 0) is 10.8 Å². The van der Waals surface area contributed by atoms with Crippen LogP contribution in [0.1, 0.15) is 55.5 Å². The molecule has 0 fully saturated rings. The standard InChI is InChI=1S/C40H41NO/c1-8-42-38-11-9-10-31(28-38)30-14-24-36(25-15-30)41(7)37-26-22-35(23-27-37)40(5,6)34-20-18-33(19-21-34)39(3,4)32-16-12-29(2)13-17-32/h8-28H,1H2,2-7H3. The van der Waals surface area contributed by atoms with Crippen molar-refractivity contribution in [2.45, 2.75) is 45.4 Å². The van der Waals surface area contributed by atoms with Gasteiger partial charge in [0.1, 0.15) is 5.75 Å². The first-order chi connectivity index (χ1) is 20.1. The smallest absolute Gasteiger partial charge is 0.127 e. The number of ether oxygens (including phenoxy) is 1. The van der Waals surface area contributed by atoms with Gasteiger partial charge in [-0.1, -0.05) is 125 Å². The summed E-state index contributed by atoms with van der Waals surface area (Å²) in [5, 5.41) is 0. The van der Waals surface area contributed by atoms with E-state index in [1.807, 2.05) is 18.2 Å². The molecule has 0 unspecified atom stereocenters. The van der Waals surface area contributed by atoms with Crippen LogP contribution in [0.15, 0.2) is 134 Å². The van der Waals surface area contributed by atoms with Crippen LogP contribution in [0.4, 0.5) is 11.4 Å². The van der Waals surface area contributed by atoms with Gasteiger partial charge in [0.25, 0.3) is 0 Å². The largest absolute Gasteiger partial charge is 0.466 e. The highest BCUT2D eigenvalue weighted by Gasteiger charge is 2.26. The maximum atomic E-state index is 5.44. The Morgan fingerprint density at radius 3 is 1.48 bits per heavy atom. The molecule has 0 radical (unpaired) electrons. The molecule has 0 saturated heterocycles. The van der Waals surface area contributed by atoms with E-state index >= 15 is 0 Å². The first-order valence-corrected chi connectivity index (χ1v) is 14.6. The van der Waals surface area contributed by atoms with Gasteiger partial charge in [-0.2, -0.15) is 0 Å². The number of rotatable bonds is 9. The maximum absolute atomic E-state index is 5.44. The molecule has 2 nitrogen and oxygen atoms in total. The number of hydrogen-bond acceptors (Lipinski definition) is 2. The van der Waals surface area contributed by atoms with E-state index in [-0.39, 0.29) is 10.8 Å². The molecule has 0 spiro atoms. The van der Waals surface area contributed by atoms with Gasteiger partial charge >= 0.3 is 0 Å². The Balaban J connectivity index is 1.31. The van der Waals surface area contributed by atoms with Gasteiger partial charge in [-0.3, -0.25) is 0 Å². The van der Waals surface area contributed by atoms with Crippen LogP contribution in [0.2, 0.25) is 0 Å². The van der Waals surface area contributed by atoms with E-state index in [0.29, 0.717) is 0 Å². The molecule has 0 aliphatic rings. The van der Waals surface area contributed by atoms with Gasteiger partial charge in [-0.05, 0) is 76.7 Å². The molecule has 5 aromatic carbocycles. The molecule has 0 aromatic heterocycles. The third-order valence-corrected chi connectivity index (χ3v) is 8.72. The summed E-state index contributed by atoms with van der Waals surface area (Å²) in [5.74, 6) is 0.786. The minimum Gasteiger partial charge on any atom is -0.466 e. The third kappa shape index (κ3) is 5.90. The number of nitrogens with zero attached hydrogens (tertiary/aromatic N) is 1. The molecule has 5 aromatic rings. The summed E-state index contributed by atoms with van der Waals surface area (Å²) in [5.41, 5.74) is 10.9. The summed E-state index contributed by atoms with van der Waals surface area (Å²) in [6.45, 7) is 15.0. The minimum absolute atomic E-state index is 0.0508. The van der Waals surface area contributed by atoms with Gasteiger partial charge in [0, 0.05) is 29.3 Å². The van der Waals surface area contributed by atoms with Gasteiger partial charge in [-0.15, -0.1) is 0 Å². The van der Waals surface area contributed by atoms with Gasteiger partial charge < -0.3 is 9.64 Å². The van der Waals surface area contributed by atoms with Crippen molar-refractivity contribution in [1.29, 1.82) is 0 Å². The second kappa shape index (κ2) is 11.7. The predicted molar refractivity (Wildman–Crippen MR) is 179 cm³/mol. The zero-order valence-corrected chi connectivity index (χ0v) is 25.7. The average molecular weight is 552 g/mol. The zero-order valence-electron chi connectivity index (χ0n) is 25.7. The first-order valence-electron chi connectivity index (χ1n) is 14.6. The Morgan fingerprint density at radius 2 is 1.00 bits per heavy atom. The average Bonchev–Trinajstić information content (AvgIpc) is 3.01. The zero-order chi connectivity index (χ0) is 29.9. The number of hydrogen-bond donors (Lipinski definition) is 0. The summed E-state index contributed by atoms with van der Waals surface area (Å²) in [6.07, 6.45) is 1.45. The molecule has 0 saturated carbocycles. The molecule has 2 heteroatoms. The molecule has 42 heavy (non-hydrogen) atoms. The normalized spacial score (nSPS) is 11.7. The van der Waals surface area contributed by atoms with Crippen molar-refractivity contribution in [3.63, 3.8) is 0 Å². The lowest BCUT2D eigenvalue weighted by molar-refractivity contribution is 0.483. The van der Waals surface area contributed by atoms with Crippen molar-refractivity contribution >= 4 is 11.4 Å². The van der Waals surface area contributed by atoms with E-state index in [1.54, 1.807) is 0 Å². The highest BCUT2D eigenvalue weighted by molar-refractivity contribution is 5.70. The summed E-state index contributed by atoms with van der Waals surface area (Å²) in [6, 6.07) is 43.7. The lowest BCUT2D eigenvalue weighted by Gasteiger charge is -2.30. The van der Waals surface area contributed by atoms with Gasteiger partial charge in [0.05, 0.1) is 6.26 Å². The number of benzene rings is 5. The maximum Gasteiger partial charge on any atom is 0.127 e. The van der Waals surface area contributed by atoms with Gasteiger partial charge in [-0.25, -0.2) is 0 Å². The fourth-order valence-corrected chi connectivity index (χ4v) is 5.58. The molecular weight excluding hydrogens is 510 g/mol. The summed E-state index contributed by atoms with van der Waals surface area (Å²) >= 11 is 0. The molecular formula is C40H41NO. The second-order valence-corrected chi connectivity index (χ2v) is 12.2. The molecule has 0 heterocycles. The van der Waals surface area contributed by atoms with Crippen molar-refractivity contribution in [3.05, 3.63) is 162 Å². The van der Waals surface area contributed by atoms with Crippen LogP contribution in [0.3, 0.4) is 0 Å². The third-order valence-electron chi connectivity index (χ3n) is 8.72. The minimum atomic E-state index is -0.116. The van der Waals surface area contributed by atoms with E-state index in [1.165, 1.54) is 34.1 Å². The molecule has 5 rings (SSSR count). The molecule has 212 valence electrons. The van der Waals surface area contributed by atoms with Crippen LogP contribution in [0.5, 0.6) is 5.75 Å². The lowest BCUT2D eigenvalue weighted by atomic mass is 9.74. The first kappa shape index (κ1) is 29.0. The molecule has 0 atom stereocenters. The Hall–Kier alpha value is -4.56. The quantitative estimate of drug-likeness (QED) is 0.169. The Bertz CT molecular complexity index is 1640.